The summed E-state index contributed by atoms with van der Waals surface area (Å²) in [5, 5.41) is 24.5. The zero-order chi connectivity index (χ0) is 19.1. The molecule has 2 rings (SSSR count). The van der Waals surface area contributed by atoms with Crippen LogP contribution in [0.2, 0.25) is 0 Å². The molecular weight excluding hydrogens is 468 g/mol. The van der Waals surface area contributed by atoms with Gasteiger partial charge in [0.1, 0.15) is 17.2 Å². The summed E-state index contributed by atoms with van der Waals surface area (Å²) in [5.41, 5.74) is 1.79. The summed E-state index contributed by atoms with van der Waals surface area (Å²) in [6.45, 7) is 0.376. The average Bonchev–Trinajstić information content (AvgIpc) is 2.62. The zero-order valence-corrected chi connectivity index (χ0v) is 17.2. The Hall–Kier alpha value is -2.06. The van der Waals surface area contributed by atoms with E-state index in [4.69, 9.17) is 9.94 Å². The van der Waals surface area contributed by atoms with Gasteiger partial charge in [0.2, 0.25) is 0 Å². The Morgan fingerprint density at radius 2 is 1.85 bits per heavy atom. The number of amides is 1. The van der Waals surface area contributed by atoms with Crippen LogP contribution in [0.4, 0.5) is 0 Å². The Morgan fingerprint density at radius 3 is 2.46 bits per heavy atom. The lowest BCUT2D eigenvalue weighted by atomic mass is 10.1. The molecule has 0 saturated heterocycles. The van der Waals surface area contributed by atoms with E-state index in [-0.39, 0.29) is 17.9 Å². The Kier molecular flexibility index (Phi) is 7.47. The molecule has 0 aliphatic heterocycles. The monoisotopic (exact) mass is 484 g/mol. The third kappa shape index (κ3) is 5.47. The minimum absolute atomic E-state index is 0.0222. The normalized spacial score (nSPS) is 11.3. The lowest BCUT2D eigenvalue weighted by Gasteiger charge is -2.09. The van der Waals surface area contributed by atoms with Crippen molar-refractivity contribution in [2.24, 2.45) is 5.16 Å². The maximum absolute atomic E-state index is 12.2. The molecule has 138 valence electrons. The van der Waals surface area contributed by atoms with Crippen molar-refractivity contribution in [3.05, 3.63) is 56.5 Å². The molecule has 0 fully saturated rings. The van der Waals surface area contributed by atoms with E-state index in [1.807, 2.05) is 6.07 Å². The van der Waals surface area contributed by atoms with Crippen LogP contribution < -0.4 is 10.1 Å². The van der Waals surface area contributed by atoms with Gasteiger partial charge in [-0.15, -0.1) is 0 Å². The molecule has 26 heavy (non-hydrogen) atoms. The maximum atomic E-state index is 12.2. The van der Waals surface area contributed by atoms with Crippen molar-refractivity contribution >= 4 is 43.5 Å². The van der Waals surface area contributed by atoms with Gasteiger partial charge >= 0.3 is 0 Å². The van der Waals surface area contributed by atoms with Gasteiger partial charge in [-0.05, 0) is 73.7 Å². The summed E-state index contributed by atoms with van der Waals surface area (Å²) in [5.74, 6) is 0.413. The number of phenolic OH excluding ortho intramolecular Hbond substituents is 1. The van der Waals surface area contributed by atoms with E-state index >= 15 is 0 Å². The molecule has 3 N–H and O–H groups in total. The Balaban J connectivity index is 1.92. The molecule has 0 spiro atoms. The van der Waals surface area contributed by atoms with Gasteiger partial charge in [0.05, 0.1) is 16.1 Å². The van der Waals surface area contributed by atoms with Crippen molar-refractivity contribution in [1.29, 1.82) is 0 Å². The lowest BCUT2D eigenvalue weighted by molar-refractivity contribution is -0.115. The van der Waals surface area contributed by atoms with E-state index in [1.165, 1.54) is 0 Å². The number of nitrogens with zero attached hydrogens (tertiary/aromatic N) is 1. The highest BCUT2D eigenvalue weighted by molar-refractivity contribution is 9.10. The largest absolute Gasteiger partial charge is 0.507 e. The van der Waals surface area contributed by atoms with Gasteiger partial charge in [-0.2, -0.15) is 0 Å². The molecule has 6 nitrogen and oxygen atoms in total. The quantitative estimate of drug-likeness (QED) is 0.317. The lowest BCUT2D eigenvalue weighted by Crippen LogP contribution is -2.33. The van der Waals surface area contributed by atoms with Gasteiger partial charge in [-0.3, -0.25) is 4.79 Å². The van der Waals surface area contributed by atoms with E-state index in [0.717, 1.165) is 15.6 Å². The second-order valence-electron chi connectivity index (χ2n) is 5.48. The first kappa shape index (κ1) is 20.3. The fraction of sp³-hybridized carbons (Fsp3) is 0.222. The molecule has 2 aromatic rings. The number of aromatic hydroxyl groups is 1. The van der Waals surface area contributed by atoms with Crippen LogP contribution >= 0.6 is 31.9 Å². The summed E-state index contributed by atoms with van der Waals surface area (Å²) in [4.78, 5) is 12.2. The molecule has 8 heteroatoms. The van der Waals surface area contributed by atoms with E-state index in [9.17, 15) is 9.90 Å². The number of benzene rings is 2. The van der Waals surface area contributed by atoms with E-state index in [1.54, 1.807) is 37.4 Å². The molecule has 2 aromatic carbocycles. The summed E-state index contributed by atoms with van der Waals surface area (Å²) in [7, 11) is 1.57. The number of oxime groups is 1. The van der Waals surface area contributed by atoms with Gasteiger partial charge in [0, 0.05) is 13.0 Å². The van der Waals surface area contributed by atoms with Crippen molar-refractivity contribution in [3.8, 4) is 11.5 Å². The molecule has 0 bridgehead atoms. The van der Waals surface area contributed by atoms with Crippen LogP contribution in [0.3, 0.4) is 0 Å². The molecule has 0 unspecified atom stereocenters. The molecule has 0 saturated carbocycles. The van der Waals surface area contributed by atoms with Crippen molar-refractivity contribution in [2.45, 2.75) is 12.8 Å². The number of carbonyl (C=O) groups is 1. The number of ether oxygens (including phenoxy) is 1. The van der Waals surface area contributed by atoms with Gasteiger partial charge in [-0.1, -0.05) is 17.3 Å². The minimum Gasteiger partial charge on any atom is -0.507 e. The molecule has 0 aliphatic carbocycles. The fourth-order valence-corrected chi connectivity index (χ4v) is 3.32. The van der Waals surface area contributed by atoms with Crippen molar-refractivity contribution in [1.82, 2.24) is 5.32 Å². The van der Waals surface area contributed by atoms with E-state index < -0.39 is 5.91 Å². The second-order valence-corrected chi connectivity index (χ2v) is 7.19. The summed E-state index contributed by atoms with van der Waals surface area (Å²) in [6.07, 6.45) is 0.771. The third-order valence-corrected chi connectivity index (χ3v) is 4.94. The van der Waals surface area contributed by atoms with Crippen molar-refractivity contribution in [3.63, 3.8) is 0 Å². The first-order valence-electron chi connectivity index (χ1n) is 7.73. The number of phenols is 1. The Labute approximate surface area is 168 Å². The SMILES string of the molecule is COc1ccc(CC(=NO)C(=O)NCCc2ccc(O)c(Br)c2)cc1Br. The first-order chi connectivity index (χ1) is 12.4. The molecule has 0 aliphatic rings. The summed E-state index contributed by atoms with van der Waals surface area (Å²) >= 11 is 6.64. The van der Waals surface area contributed by atoms with Gasteiger partial charge < -0.3 is 20.4 Å². The molecule has 0 atom stereocenters. The predicted molar refractivity (Wildman–Crippen MR) is 106 cm³/mol. The van der Waals surface area contributed by atoms with Gasteiger partial charge in [0.15, 0.2) is 0 Å². The molecule has 1 amide bonds. The van der Waals surface area contributed by atoms with Gasteiger partial charge in [-0.25, -0.2) is 0 Å². The molecule has 0 radical (unpaired) electrons. The van der Waals surface area contributed by atoms with Crippen molar-refractivity contribution < 1.29 is 19.8 Å². The van der Waals surface area contributed by atoms with Crippen LogP contribution in [0.5, 0.6) is 11.5 Å². The van der Waals surface area contributed by atoms with Crippen LogP contribution in [-0.2, 0) is 17.6 Å². The highest BCUT2D eigenvalue weighted by Gasteiger charge is 2.14. The average molecular weight is 486 g/mol. The van der Waals surface area contributed by atoms with Crippen LogP contribution in [0.1, 0.15) is 11.1 Å². The highest BCUT2D eigenvalue weighted by Crippen LogP contribution is 2.26. The number of hydrogen-bond acceptors (Lipinski definition) is 5. The number of carbonyl (C=O) groups excluding carboxylic acids is 1. The van der Waals surface area contributed by atoms with Gasteiger partial charge in [0.25, 0.3) is 5.91 Å². The van der Waals surface area contributed by atoms with Crippen LogP contribution in [-0.4, -0.2) is 35.6 Å². The molecular formula is C18H18Br2N2O4. The fourth-order valence-electron chi connectivity index (χ4n) is 2.30. The van der Waals surface area contributed by atoms with Crippen LogP contribution in [0.25, 0.3) is 0 Å². The number of rotatable bonds is 7. The number of hydrogen-bond donors (Lipinski definition) is 3. The van der Waals surface area contributed by atoms with Crippen molar-refractivity contribution in [2.75, 3.05) is 13.7 Å². The smallest absolute Gasteiger partial charge is 0.269 e. The summed E-state index contributed by atoms with van der Waals surface area (Å²) < 4.78 is 6.52. The second kappa shape index (κ2) is 9.59. The molecule has 0 heterocycles. The van der Waals surface area contributed by atoms with Crippen LogP contribution in [0.15, 0.2) is 50.5 Å². The number of nitrogens with one attached hydrogen (secondary N) is 1. The topological polar surface area (TPSA) is 91.2 Å². The predicted octanol–water partition coefficient (Wildman–Crippen LogP) is 3.66. The Bertz CT molecular complexity index is 825. The van der Waals surface area contributed by atoms with E-state index in [0.29, 0.717) is 23.2 Å². The standard InChI is InChI=1S/C18H18Br2N2O4/c1-26-17-5-3-12(9-14(17)20)10-15(22-25)18(24)21-7-6-11-2-4-16(23)13(19)8-11/h2-5,8-9,23,25H,6-7,10H2,1H3,(H,21,24). The van der Waals surface area contributed by atoms with Crippen LogP contribution in [0, 0.1) is 0 Å². The third-order valence-electron chi connectivity index (χ3n) is 3.68. The summed E-state index contributed by atoms with van der Waals surface area (Å²) in [6, 6.07) is 10.5. The zero-order valence-electron chi connectivity index (χ0n) is 14.0. The highest BCUT2D eigenvalue weighted by atomic mass is 79.9. The molecule has 0 aromatic heterocycles. The number of halogens is 2. The van der Waals surface area contributed by atoms with E-state index in [2.05, 4.69) is 42.3 Å². The maximum Gasteiger partial charge on any atom is 0.269 e. The minimum atomic E-state index is -0.433. The first-order valence-corrected chi connectivity index (χ1v) is 9.32. The Morgan fingerprint density at radius 1 is 1.15 bits per heavy atom. The number of methoxy groups -OCH3 is 1.